The number of hydrogen-bond acceptors (Lipinski definition) is 4. The van der Waals surface area contributed by atoms with E-state index < -0.39 is 0 Å². The zero-order valence-corrected chi connectivity index (χ0v) is 8.02. The Balaban J connectivity index is 2.50. The smallest absolute Gasteiger partial charge is 0.204 e. The van der Waals surface area contributed by atoms with Crippen LogP contribution in [-0.2, 0) is 0 Å². The first kappa shape index (κ1) is 7.94. The van der Waals surface area contributed by atoms with Gasteiger partial charge in [-0.15, -0.1) is 0 Å². The third-order valence-electron chi connectivity index (χ3n) is 1.10. The van der Waals surface area contributed by atoms with Crippen LogP contribution in [0.4, 0.5) is 5.13 Å². The van der Waals surface area contributed by atoms with E-state index in [1.54, 1.807) is 6.33 Å². The van der Waals surface area contributed by atoms with Crippen LogP contribution in [0.25, 0.3) is 0 Å². The van der Waals surface area contributed by atoms with Crippen LogP contribution in [0.2, 0.25) is 0 Å². The maximum absolute atomic E-state index is 4.05. The van der Waals surface area contributed by atoms with Gasteiger partial charge in [0.1, 0.15) is 6.33 Å². The summed E-state index contributed by atoms with van der Waals surface area (Å²) in [5, 5.41) is 1.93. The molecule has 0 aliphatic rings. The van der Waals surface area contributed by atoms with Crippen LogP contribution in [0.3, 0.4) is 0 Å². The minimum atomic E-state index is 0.961. The highest BCUT2D eigenvalue weighted by molar-refractivity contribution is 9.09. The van der Waals surface area contributed by atoms with Gasteiger partial charge in [-0.1, -0.05) is 15.9 Å². The van der Waals surface area contributed by atoms with Gasteiger partial charge in [0.25, 0.3) is 0 Å². The van der Waals surface area contributed by atoms with Crippen molar-refractivity contribution in [1.29, 1.82) is 0 Å². The molecule has 1 aromatic heterocycles. The molecule has 0 saturated carbocycles. The van der Waals surface area contributed by atoms with Crippen LogP contribution >= 0.6 is 27.5 Å². The first-order valence-electron chi connectivity index (χ1n) is 2.88. The molecule has 1 heterocycles. The maximum Gasteiger partial charge on any atom is 0.204 e. The molecule has 0 saturated heterocycles. The summed E-state index contributed by atoms with van der Waals surface area (Å²) in [5.74, 6) is 0. The van der Waals surface area contributed by atoms with Crippen LogP contribution in [-0.4, -0.2) is 28.3 Å². The second-order valence-electron chi connectivity index (χ2n) is 1.83. The lowest BCUT2D eigenvalue weighted by Gasteiger charge is -2.11. The van der Waals surface area contributed by atoms with E-state index in [9.17, 15) is 0 Å². The Kier molecular flexibility index (Phi) is 3.08. The molecule has 10 heavy (non-hydrogen) atoms. The zero-order valence-electron chi connectivity index (χ0n) is 5.62. The van der Waals surface area contributed by atoms with E-state index in [-0.39, 0.29) is 0 Å². The van der Waals surface area contributed by atoms with E-state index in [0.717, 1.165) is 17.0 Å². The summed E-state index contributed by atoms with van der Waals surface area (Å²) < 4.78 is 3.90. The Bertz CT molecular complexity index is 177. The molecule has 0 aromatic carbocycles. The lowest BCUT2D eigenvalue weighted by atomic mass is 10.7. The summed E-state index contributed by atoms with van der Waals surface area (Å²) in [6.07, 6.45) is 1.57. The average molecular weight is 222 g/mol. The van der Waals surface area contributed by atoms with Gasteiger partial charge in [0.15, 0.2) is 0 Å². The third kappa shape index (κ3) is 1.91. The Labute approximate surface area is 72.4 Å². The van der Waals surface area contributed by atoms with Crippen molar-refractivity contribution >= 4 is 32.6 Å². The molecule has 56 valence electrons. The monoisotopic (exact) mass is 221 g/mol. The first-order chi connectivity index (χ1) is 4.84. The first-order valence-corrected chi connectivity index (χ1v) is 4.78. The van der Waals surface area contributed by atoms with E-state index >= 15 is 0 Å². The molecule has 0 amide bonds. The van der Waals surface area contributed by atoms with Crippen molar-refractivity contribution in [2.24, 2.45) is 0 Å². The Morgan fingerprint density at radius 1 is 1.80 bits per heavy atom. The van der Waals surface area contributed by atoms with Crippen molar-refractivity contribution in [3.8, 4) is 0 Å². The normalized spacial score (nSPS) is 9.80. The number of aromatic nitrogens is 2. The van der Waals surface area contributed by atoms with Gasteiger partial charge in [0.2, 0.25) is 5.13 Å². The van der Waals surface area contributed by atoms with Crippen LogP contribution in [0.5, 0.6) is 0 Å². The quantitative estimate of drug-likeness (QED) is 0.723. The fourth-order valence-corrected chi connectivity index (χ4v) is 1.60. The third-order valence-corrected chi connectivity index (χ3v) is 2.23. The fourth-order valence-electron chi connectivity index (χ4n) is 0.558. The molecule has 0 atom stereocenters. The highest BCUT2D eigenvalue weighted by Gasteiger charge is 2.00. The van der Waals surface area contributed by atoms with Crippen LogP contribution < -0.4 is 4.90 Å². The van der Waals surface area contributed by atoms with Crippen LogP contribution in [0.1, 0.15) is 0 Å². The van der Waals surface area contributed by atoms with E-state index in [0.29, 0.717) is 0 Å². The van der Waals surface area contributed by atoms with Gasteiger partial charge < -0.3 is 4.90 Å². The largest absolute Gasteiger partial charge is 0.349 e. The van der Waals surface area contributed by atoms with Crippen LogP contribution in [0.15, 0.2) is 6.33 Å². The summed E-state index contributed by atoms with van der Waals surface area (Å²) in [4.78, 5) is 6.11. The van der Waals surface area contributed by atoms with Crippen molar-refractivity contribution in [2.45, 2.75) is 0 Å². The van der Waals surface area contributed by atoms with E-state index in [4.69, 9.17) is 0 Å². The Morgan fingerprint density at radius 2 is 2.60 bits per heavy atom. The minimum Gasteiger partial charge on any atom is -0.349 e. The van der Waals surface area contributed by atoms with E-state index in [1.807, 2.05) is 7.05 Å². The van der Waals surface area contributed by atoms with Crippen LogP contribution in [0, 0.1) is 0 Å². The van der Waals surface area contributed by atoms with Gasteiger partial charge >= 0.3 is 0 Å². The van der Waals surface area contributed by atoms with Gasteiger partial charge in [0, 0.05) is 30.5 Å². The van der Waals surface area contributed by atoms with Gasteiger partial charge in [0.05, 0.1) is 0 Å². The van der Waals surface area contributed by atoms with Crippen molar-refractivity contribution in [3.63, 3.8) is 0 Å². The highest BCUT2D eigenvalue weighted by atomic mass is 79.9. The number of hydrogen-bond donors (Lipinski definition) is 0. The lowest BCUT2D eigenvalue weighted by molar-refractivity contribution is 0.970. The number of rotatable bonds is 3. The molecule has 0 N–H and O–H groups in total. The molecule has 5 heteroatoms. The van der Waals surface area contributed by atoms with Gasteiger partial charge in [-0.3, -0.25) is 0 Å². The number of nitrogens with zero attached hydrogens (tertiary/aromatic N) is 3. The Morgan fingerprint density at radius 3 is 3.10 bits per heavy atom. The second kappa shape index (κ2) is 3.88. The molecular weight excluding hydrogens is 214 g/mol. The molecule has 1 aromatic rings. The average Bonchev–Trinajstić information content (AvgIpc) is 2.38. The van der Waals surface area contributed by atoms with Crippen molar-refractivity contribution in [3.05, 3.63) is 6.33 Å². The van der Waals surface area contributed by atoms with Gasteiger partial charge in [-0.25, -0.2) is 4.98 Å². The molecule has 0 unspecified atom stereocenters. The van der Waals surface area contributed by atoms with Crippen molar-refractivity contribution in [2.75, 3.05) is 23.8 Å². The lowest BCUT2D eigenvalue weighted by Crippen LogP contribution is -2.18. The number of alkyl halides is 1. The number of anilines is 1. The summed E-state index contributed by atoms with van der Waals surface area (Å²) in [6.45, 7) is 0.967. The SMILES string of the molecule is CN(CCBr)c1ncns1. The molecule has 0 radical (unpaired) electrons. The van der Waals surface area contributed by atoms with Crippen molar-refractivity contribution in [1.82, 2.24) is 9.36 Å². The molecular formula is C5H8BrN3S. The summed E-state index contributed by atoms with van der Waals surface area (Å²) >= 11 is 4.77. The molecule has 0 spiro atoms. The zero-order chi connectivity index (χ0) is 7.40. The minimum absolute atomic E-state index is 0.961. The second-order valence-corrected chi connectivity index (χ2v) is 3.39. The summed E-state index contributed by atoms with van der Waals surface area (Å²) in [7, 11) is 2.00. The summed E-state index contributed by atoms with van der Waals surface area (Å²) in [6, 6.07) is 0. The molecule has 0 bridgehead atoms. The maximum atomic E-state index is 4.05. The fraction of sp³-hybridized carbons (Fsp3) is 0.600. The predicted molar refractivity (Wildman–Crippen MR) is 47.0 cm³/mol. The molecule has 1 rings (SSSR count). The molecule has 0 fully saturated rings. The topological polar surface area (TPSA) is 29.0 Å². The van der Waals surface area contributed by atoms with Gasteiger partial charge in [-0.05, 0) is 0 Å². The Hall–Kier alpha value is -0.160. The molecule has 0 aliphatic heterocycles. The van der Waals surface area contributed by atoms with Crippen molar-refractivity contribution < 1.29 is 0 Å². The predicted octanol–water partition coefficient (Wildman–Crippen LogP) is 1.37. The standard InChI is InChI=1S/C5H8BrN3S/c1-9(3-2-6)5-7-4-8-10-5/h4H,2-3H2,1H3. The molecule has 3 nitrogen and oxygen atoms in total. The van der Waals surface area contributed by atoms with Gasteiger partial charge in [-0.2, -0.15) is 4.37 Å². The highest BCUT2D eigenvalue weighted by Crippen LogP contribution is 2.11. The summed E-state index contributed by atoms with van der Waals surface area (Å²) in [5.41, 5.74) is 0. The molecule has 0 aliphatic carbocycles. The van der Waals surface area contributed by atoms with E-state index in [2.05, 4.69) is 30.2 Å². The van der Waals surface area contributed by atoms with E-state index in [1.165, 1.54) is 11.5 Å². The number of halogens is 1.